The molecule has 1 amide bonds. The highest BCUT2D eigenvalue weighted by Crippen LogP contribution is 2.46. The van der Waals surface area contributed by atoms with Crippen molar-refractivity contribution in [3.05, 3.63) is 41.0 Å². The van der Waals surface area contributed by atoms with Gasteiger partial charge in [-0.15, -0.1) is 11.3 Å². The zero-order valence-corrected chi connectivity index (χ0v) is 17.2. The van der Waals surface area contributed by atoms with Gasteiger partial charge in [0, 0.05) is 24.2 Å². The summed E-state index contributed by atoms with van der Waals surface area (Å²) in [5, 5.41) is 16.6. The summed E-state index contributed by atoms with van der Waals surface area (Å²) in [4.78, 5) is 36.3. The number of nitrogens with zero attached hydrogens (tertiary/aromatic N) is 5. The molecule has 0 saturated heterocycles. The van der Waals surface area contributed by atoms with Gasteiger partial charge < -0.3 is 15.3 Å². The fourth-order valence-electron chi connectivity index (χ4n) is 3.56. The Morgan fingerprint density at radius 1 is 1.31 bits per heavy atom. The predicted octanol–water partition coefficient (Wildman–Crippen LogP) is 2.85. The number of rotatable bonds is 5. The van der Waals surface area contributed by atoms with Gasteiger partial charge in [-0.1, -0.05) is 0 Å². The number of amides is 1. The maximum absolute atomic E-state index is 12.9. The fraction of sp³-hybridized carbons (Fsp3) is 0.316. The molecule has 1 aliphatic heterocycles. The van der Waals surface area contributed by atoms with Gasteiger partial charge in [0.2, 0.25) is 5.95 Å². The first-order valence-electron chi connectivity index (χ1n) is 8.99. The Balaban J connectivity index is 1.67. The van der Waals surface area contributed by atoms with Crippen LogP contribution in [0.1, 0.15) is 36.0 Å². The maximum Gasteiger partial charge on any atom is 0.326 e. The molecule has 1 atom stereocenters. The van der Waals surface area contributed by atoms with Crippen LogP contribution in [-0.4, -0.2) is 47.7 Å². The van der Waals surface area contributed by atoms with Crippen LogP contribution in [0.4, 0.5) is 11.8 Å². The molecule has 4 heterocycles. The Morgan fingerprint density at radius 3 is 2.69 bits per heavy atom. The standard InChI is InChI=1S/C19H20N6O3S/c1-10(17(27)28)25-16(26)11-9-13(29-15(11)19(25,2)3)12-5-7-20-18(22-12)23-14-6-8-21-24(14)4/h5-10H,1-4H3,(H,27,28)(H,20,22,23). The second-order valence-corrected chi connectivity index (χ2v) is 8.38. The lowest BCUT2D eigenvalue weighted by atomic mass is 10.0. The average Bonchev–Trinajstić information content (AvgIpc) is 3.33. The number of carbonyl (C=O) groups excluding carboxylic acids is 1. The number of anilines is 2. The van der Waals surface area contributed by atoms with Crippen molar-refractivity contribution < 1.29 is 14.7 Å². The minimum absolute atomic E-state index is 0.273. The second kappa shape index (κ2) is 6.66. The quantitative estimate of drug-likeness (QED) is 0.662. The molecule has 29 heavy (non-hydrogen) atoms. The number of aryl methyl sites for hydroxylation is 1. The smallest absolute Gasteiger partial charge is 0.326 e. The Morgan fingerprint density at radius 2 is 2.07 bits per heavy atom. The second-order valence-electron chi connectivity index (χ2n) is 7.33. The molecular formula is C19H20N6O3S. The van der Waals surface area contributed by atoms with Crippen molar-refractivity contribution in [2.45, 2.75) is 32.4 Å². The Bertz CT molecular complexity index is 1120. The highest BCUT2D eigenvalue weighted by molar-refractivity contribution is 7.16. The predicted molar refractivity (Wildman–Crippen MR) is 108 cm³/mol. The van der Waals surface area contributed by atoms with E-state index in [1.165, 1.54) is 23.2 Å². The van der Waals surface area contributed by atoms with Gasteiger partial charge in [0.15, 0.2) is 0 Å². The van der Waals surface area contributed by atoms with Gasteiger partial charge in [0.1, 0.15) is 11.9 Å². The summed E-state index contributed by atoms with van der Waals surface area (Å²) in [6, 6.07) is 4.48. The molecule has 0 spiro atoms. The Hall–Kier alpha value is -3.27. The monoisotopic (exact) mass is 412 g/mol. The van der Waals surface area contributed by atoms with Gasteiger partial charge in [-0.3, -0.25) is 9.48 Å². The number of hydrogen-bond acceptors (Lipinski definition) is 7. The molecule has 150 valence electrons. The maximum atomic E-state index is 12.9. The SMILES string of the molecule is CC(C(=O)O)N1C(=O)c2cc(-c3ccnc(Nc4ccnn4C)n3)sc2C1(C)C. The van der Waals surface area contributed by atoms with Crippen molar-refractivity contribution in [2.75, 3.05) is 5.32 Å². The van der Waals surface area contributed by atoms with Gasteiger partial charge in [0.25, 0.3) is 5.91 Å². The molecule has 10 heteroatoms. The average molecular weight is 412 g/mol. The molecule has 0 aromatic carbocycles. The third-order valence-electron chi connectivity index (χ3n) is 5.05. The molecule has 0 bridgehead atoms. The highest BCUT2D eigenvalue weighted by atomic mass is 32.1. The van der Waals surface area contributed by atoms with Crippen molar-refractivity contribution in [2.24, 2.45) is 7.05 Å². The first-order chi connectivity index (χ1) is 13.7. The van der Waals surface area contributed by atoms with Crippen LogP contribution in [0.25, 0.3) is 10.6 Å². The number of carboxylic acids is 1. The number of carbonyl (C=O) groups is 2. The van der Waals surface area contributed by atoms with Crippen LogP contribution in [0.5, 0.6) is 0 Å². The van der Waals surface area contributed by atoms with Crippen LogP contribution in [0.15, 0.2) is 30.6 Å². The Kier molecular flexibility index (Phi) is 4.38. The molecule has 3 aromatic heterocycles. The first kappa shape index (κ1) is 19.1. The van der Waals surface area contributed by atoms with Crippen LogP contribution in [-0.2, 0) is 17.4 Å². The minimum Gasteiger partial charge on any atom is -0.480 e. The third kappa shape index (κ3) is 3.05. The van der Waals surface area contributed by atoms with Crippen LogP contribution < -0.4 is 5.32 Å². The molecule has 0 aliphatic carbocycles. The number of aliphatic carboxylic acids is 1. The molecule has 4 rings (SSSR count). The lowest BCUT2D eigenvalue weighted by Gasteiger charge is -2.35. The summed E-state index contributed by atoms with van der Waals surface area (Å²) in [6.07, 6.45) is 3.32. The first-order valence-corrected chi connectivity index (χ1v) is 9.81. The largest absolute Gasteiger partial charge is 0.480 e. The van der Waals surface area contributed by atoms with E-state index in [4.69, 9.17) is 0 Å². The van der Waals surface area contributed by atoms with E-state index in [-0.39, 0.29) is 5.91 Å². The molecule has 0 radical (unpaired) electrons. The van der Waals surface area contributed by atoms with E-state index in [2.05, 4.69) is 20.4 Å². The lowest BCUT2D eigenvalue weighted by molar-refractivity contribution is -0.143. The van der Waals surface area contributed by atoms with E-state index in [0.29, 0.717) is 17.2 Å². The van der Waals surface area contributed by atoms with Crippen LogP contribution >= 0.6 is 11.3 Å². The number of hydrogen-bond donors (Lipinski definition) is 2. The molecule has 9 nitrogen and oxygen atoms in total. The lowest BCUT2D eigenvalue weighted by Crippen LogP contribution is -2.48. The van der Waals surface area contributed by atoms with Crippen molar-refractivity contribution in [1.82, 2.24) is 24.6 Å². The van der Waals surface area contributed by atoms with E-state index in [9.17, 15) is 14.7 Å². The van der Waals surface area contributed by atoms with Crippen LogP contribution in [0.2, 0.25) is 0 Å². The van der Waals surface area contributed by atoms with Gasteiger partial charge in [-0.05, 0) is 32.9 Å². The van der Waals surface area contributed by atoms with E-state index >= 15 is 0 Å². The fourth-order valence-corrected chi connectivity index (χ4v) is 4.78. The summed E-state index contributed by atoms with van der Waals surface area (Å²) in [5.41, 5.74) is 0.504. The molecular weight excluding hydrogens is 392 g/mol. The molecule has 2 N–H and O–H groups in total. The van der Waals surface area contributed by atoms with Gasteiger partial charge in [0.05, 0.1) is 27.9 Å². The summed E-state index contributed by atoms with van der Waals surface area (Å²) in [6.45, 7) is 5.26. The normalized spacial score (nSPS) is 16.0. The molecule has 0 saturated carbocycles. The van der Waals surface area contributed by atoms with Gasteiger partial charge in [-0.25, -0.2) is 14.8 Å². The number of thiophene rings is 1. The summed E-state index contributed by atoms with van der Waals surface area (Å²) < 4.78 is 1.68. The zero-order valence-electron chi connectivity index (χ0n) is 16.4. The van der Waals surface area contributed by atoms with Crippen LogP contribution in [0, 0.1) is 0 Å². The summed E-state index contributed by atoms with van der Waals surface area (Å²) in [7, 11) is 1.81. The van der Waals surface area contributed by atoms with Crippen LogP contribution in [0.3, 0.4) is 0 Å². The van der Waals surface area contributed by atoms with Crippen molar-refractivity contribution in [1.29, 1.82) is 0 Å². The Labute approximate surface area is 171 Å². The van der Waals surface area contributed by atoms with E-state index in [1.54, 1.807) is 29.2 Å². The molecule has 1 aliphatic rings. The molecule has 1 unspecified atom stereocenters. The van der Waals surface area contributed by atoms with E-state index < -0.39 is 17.6 Å². The summed E-state index contributed by atoms with van der Waals surface area (Å²) in [5.74, 6) is -0.120. The number of aromatic nitrogens is 4. The van der Waals surface area contributed by atoms with Gasteiger partial charge >= 0.3 is 5.97 Å². The minimum atomic E-state index is -1.02. The molecule has 0 fully saturated rings. The highest BCUT2D eigenvalue weighted by Gasteiger charge is 2.48. The number of fused-ring (bicyclic) bond motifs is 1. The third-order valence-corrected chi connectivity index (χ3v) is 6.52. The van der Waals surface area contributed by atoms with E-state index in [0.717, 1.165) is 15.6 Å². The van der Waals surface area contributed by atoms with E-state index in [1.807, 2.05) is 27.0 Å². The van der Waals surface area contributed by atoms with Crippen molar-refractivity contribution in [3.63, 3.8) is 0 Å². The number of carboxylic acid groups (broad SMARTS) is 1. The van der Waals surface area contributed by atoms with Crippen molar-refractivity contribution >= 4 is 35.0 Å². The molecule has 3 aromatic rings. The number of nitrogens with one attached hydrogen (secondary N) is 1. The zero-order chi connectivity index (χ0) is 20.9. The van der Waals surface area contributed by atoms with Crippen molar-refractivity contribution in [3.8, 4) is 10.6 Å². The summed E-state index contributed by atoms with van der Waals surface area (Å²) >= 11 is 1.45. The van der Waals surface area contributed by atoms with Gasteiger partial charge in [-0.2, -0.15) is 5.10 Å². The topological polar surface area (TPSA) is 113 Å².